The number of nitrogens with two attached hydrogens (primary N) is 1. The molecule has 0 saturated carbocycles. The number of nitrogens with one attached hydrogen (secondary N) is 2. The largest absolute Gasteiger partial charge is 0.480 e. The third-order valence-corrected chi connectivity index (χ3v) is 3.58. The minimum absolute atomic E-state index is 0.108. The van der Waals surface area contributed by atoms with Gasteiger partial charge in [-0.1, -0.05) is 10.8 Å². The molecule has 126 valence electrons. The molecular weight excluding hydrogens is 341 g/mol. The molecule has 0 aromatic carbocycles. The number of carboxylic acids is 2. The maximum atomic E-state index is 12.1. The molecule has 0 rings (SSSR count). The maximum absolute atomic E-state index is 12.1. The molecular formula is C10H16FN3O6S2. The molecule has 22 heavy (non-hydrogen) atoms. The highest BCUT2D eigenvalue weighted by Crippen LogP contribution is 2.22. The molecule has 6 N–H and O–H groups in total. The smallest absolute Gasteiger partial charge is 0.322 e. The number of amides is 2. The van der Waals surface area contributed by atoms with Crippen LogP contribution in [0.1, 0.15) is 12.8 Å². The van der Waals surface area contributed by atoms with Crippen LogP contribution in [0.5, 0.6) is 0 Å². The summed E-state index contributed by atoms with van der Waals surface area (Å²) in [5, 5.41) is 21.4. The average Bonchev–Trinajstić information content (AvgIpc) is 2.46. The first kappa shape index (κ1) is 20.5. The molecule has 0 heterocycles. The molecule has 0 aliphatic heterocycles. The number of carboxylic acid groups (broad SMARTS) is 2. The number of hydrogen-bond acceptors (Lipinski definition) is 7. The van der Waals surface area contributed by atoms with E-state index in [0.29, 0.717) is 10.8 Å². The minimum atomic E-state index is -1.27. The molecule has 0 spiro atoms. The highest BCUT2D eigenvalue weighted by molar-refractivity contribution is 8.74. The Morgan fingerprint density at radius 3 is 2.36 bits per heavy atom. The van der Waals surface area contributed by atoms with Gasteiger partial charge in [0.25, 0.3) is 0 Å². The Bertz CT molecular complexity index is 425. The molecule has 2 atom stereocenters. The van der Waals surface area contributed by atoms with Crippen LogP contribution in [0.4, 0.5) is 3.89 Å². The first-order valence-electron chi connectivity index (χ1n) is 5.95. The summed E-state index contributed by atoms with van der Waals surface area (Å²) in [6.07, 6.45) is -0.362. The molecule has 0 radical (unpaired) electrons. The minimum Gasteiger partial charge on any atom is -0.480 e. The van der Waals surface area contributed by atoms with Crippen molar-refractivity contribution in [1.82, 2.24) is 10.6 Å². The van der Waals surface area contributed by atoms with Gasteiger partial charge in [0.05, 0.1) is 0 Å². The fraction of sp³-hybridized carbons (Fsp3) is 0.600. The van der Waals surface area contributed by atoms with Crippen molar-refractivity contribution in [3.63, 3.8) is 0 Å². The van der Waals surface area contributed by atoms with Gasteiger partial charge in [0.2, 0.25) is 11.8 Å². The summed E-state index contributed by atoms with van der Waals surface area (Å²) >= 11 is -0.108. The molecule has 2 amide bonds. The van der Waals surface area contributed by atoms with Gasteiger partial charge >= 0.3 is 11.9 Å². The van der Waals surface area contributed by atoms with Gasteiger partial charge in [-0.15, -0.1) is 0 Å². The van der Waals surface area contributed by atoms with Crippen molar-refractivity contribution in [2.45, 2.75) is 24.9 Å². The van der Waals surface area contributed by atoms with Crippen molar-refractivity contribution in [3.05, 3.63) is 0 Å². The summed E-state index contributed by atoms with van der Waals surface area (Å²) in [6, 6.07) is -2.35. The third kappa shape index (κ3) is 9.41. The van der Waals surface area contributed by atoms with E-state index in [1.165, 1.54) is 0 Å². The van der Waals surface area contributed by atoms with Crippen LogP contribution in [-0.2, 0) is 19.2 Å². The van der Waals surface area contributed by atoms with Gasteiger partial charge in [-0.2, -0.15) is 3.89 Å². The Morgan fingerprint density at radius 1 is 1.23 bits per heavy atom. The number of aliphatic carboxylic acids is 2. The van der Waals surface area contributed by atoms with Crippen LogP contribution < -0.4 is 16.4 Å². The van der Waals surface area contributed by atoms with E-state index in [1.807, 2.05) is 0 Å². The summed E-state index contributed by atoms with van der Waals surface area (Å²) in [6.45, 7) is -0.636. The molecule has 0 aliphatic rings. The van der Waals surface area contributed by atoms with E-state index >= 15 is 0 Å². The summed E-state index contributed by atoms with van der Waals surface area (Å²) in [4.78, 5) is 44.2. The van der Waals surface area contributed by atoms with Gasteiger partial charge in [0.1, 0.15) is 29.8 Å². The second-order valence-electron chi connectivity index (χ2n) is 4.06. The molecule has 12 heteroatoms. The second kappa shape index (κ2) is 11.1. The lowest BCUT2D eigenvalue weighted by Crippen LogP contribution is -2.49. The van der Waals surface area contributed by atoms with Crippen molar-refractivity contribution in [2.75, 3.05) is 12.3 Å². The van der Waals surface area contributed by atoms with E-state index in [0.717, 1.165) is 0 Å². The lowest BCUT2D eigenvalue weighted by atomic mass is 10.1. The van der Waals surface area contributed by atoms with Crippen molar-refractivity contribution in [3.8, 4) is 0 Å². The summed E-state index contributed by atoms with van der Waals surface area (Å²) in [5.41, 5.74) is 5.24. The van der Waals surface area contributed by atoms with Crippen molar-refractivity contribution in [1.29, 1.82) is 0 Å². The highest BCUT2D eigenvalue weighted by Gasteiger charge is 2.22. The normalized spacial score (nSPS) is 13.0. The standard InChI is InChI=1S/C10H16FN3O6S2/c11-22-21-4-6(9(18)13-3-8(16)17)14-7(15)2-1-5(12)10(19)20/h5-6H,1-4,12H2,(H,13,18)(H,14,15)(H,16,17)(H,19,20). The van der Waals surface area contributed by atoms with E-state index in [-0.39, 0.29) is 29.8 Å². The van der Waals surface area contributed by atoms with Crippen LogP contribution in [0, 0.1) is 0 Å². The zero-order valence-electron chi connectivity index (χ0n) is 11.3. The van der Waals surface area contributed by atoms with Crippen LogP contribution in [0.25, 0.3) is 0 Å². The fourth-order valence-corrected chi connectivity index (χ4v) is 2.22. The van der Waals surface area contributed by atoms with Crippen LogP contribution in [-0.4, -0.2) is 58.3 Å². The van der Waals surface area contributed by atoms with E-state index in [1.54, 1.807) is 0 Å². The molecule has 0 fully saturated rings. The Morgan fingerprint density at radius 2 is 1.86 bits per heavy atom. The topological polar surface area (TPSA) is 159 Å². The van der Waals surface area contributed by atoms with Gasteiger partial charge in [0.15, 0.2) is 0 Å². The number of hydrogen-bond donors (Lipinski definition) is 5. The molecule has 0 aliphatic carbocycles. The second-order valence-corrected chi connectivity index (χ2v) is 5.84. The summed E-state index contributed by atoms with van der Waals surface area (Å²) < 4.78 is 12.1. The predicted octanol–water partition coefficient (Wildman–Crippen LogP) is -0.870. The lowest BCUT2D eigenvalue weighted by molar-refractivity contribution is -0.139. The van der Waals surface area contributed by atoms with E-state index in [4.69, 9.17) is 15.9 Å². The zero-order chi connectivity index (χ0) is 17.1. The van der Waals surface area contributed by atoms with E-state index in [2.05, 4.69) is 10.6 Å². The zero-order valence-corrected chi connectivity index (χ0v) is 12.9. The molecule has 0 aromatic rings. The average molecular weight is 357 g/mol. The molecule has 0 aromatic heterocycles. The third-order valence-electron chi connectivity index (χ3n) is 2.34. The van der Waals surface area contributed by atoms with Crippen molar-refractivity contribution in [2.24, 2.45) is 5.73 Å². The quantitative estimate of drug-likeness (QED) is 0.296. The lowest BCUT2D eigenvalue weighted by Gasteiger charge is -2.17. The SMILES string of the molecule is NC(CCC(=O)NC(CSSF)C(=O)NCC(=O)O)C(=O)O. The monoisotopic (exact) mass is 357 g/mol. The van der Waals surface area contributed by atoms with Crippen molar-refractivity contribution >= 4 is 45.7 Å². The Hall–Kier alpha value is -1.53. The molecule has 0 saturated heterocycles. The number of carbonyl (C=O) groups is 4. The number of carbonyl (C=O) groups excluding carboxylic acids is 2. The number of rotatable bonds is 11. The van der Waals surface area contributed by atoms with Gasteiger partial charge in [-0.05, 0) is 6.42 Å². The van der Waals surface area contributed by atoms with Crippen LogP contribution >= 0.6 is 22.0 Å². The number of halogens is 1. The maximum Gasteiger partial charge on any atom is 0.322 e. The first-order chi connectivity index (χ1) is 10.3. The van der Waals surface area contributed by atoms with Gasteiger partial charge in [-0.25, -0.2) is 0 Å². The van der Waals surface area contributed by atoms with Crippen LogP contribution in [0.3, 0.4) is 0 Å². The Balaban J connectivity index is 4.43. The molecule has 2 unspecified atom stereocenters. The first-order valence-corrected chi connectivity index (χ1v) is 8.17. The fourth-order valence-electron chi connectivity index (χ4n) is 1.24. The molecule has 9 nitrogen and oxygen atoms in total. The van der Waals surface area contributed by atoms with Gasteiger partial charge in [-0.3, -0.25) is 19.2 Å². The Kier molecular flexibility index (Phi) is 10.3. The molecule has 0 bridgehead atoms. The predicted molar refractivity (Wildman–Crippen MR) is 78.6 cm³/mol. The van der Waals surface area contributed by atoms with Gasteiger partial charge < -0.3 is 26.6 Å². The summed E-state index contributed by atoms with van der Waals surface area (Å²) in [5.74, 6) is -4.06. The Labute approximate surface area is 133 Å². The van der Waals surface area contributed by atoms with Gasteiger partial charge in [0, 0.05) is 12.2 Å². The van der Waals surface area contributed by atoms with Crippen LogP contribution in [0.2, 0.25) is 0 Å². The summed E-state index contributed by atoms with van der Waals surface area (Å²) in [7, 11) is 0.658. The highest BCUT2D eigenvalue weighted by atomic mass is 33.1. The van der Waals surface area contributed by atoms with Crippen molar-refractivity contribution < 1.29 is 33.3 Å². The van der Waals surface area contributed by atoms with Crippen LogP contribution in [0.15, 0.2) is 0 Å². The van der Waals surface area contributed by atoms with E-state index < -0.39 is 42.4 Å². The van der Waals surface area contributed by atoms with E-state index in [9.17, 15) is 23.1 Å².